The van der Waals surface area contributed by atoms with E-state index in [1.807, 2.05) is 57.0 Å². The molecule has 0 aromatic carbocycles. The molecule has 0 bridgehead atoms. The number of furan rings is 1. The molecule has 0 unspecified atom stereocenters. The summed E-state index contributed by atoms with van der Waals surface area (Å²) in [6.07, 6.45) is 5.33. The minimum atomic E-state index is -0.214. The van der Waals surface area contributed by atoms with Crippen molar-refractivity contribution in [3.63, 3.8) is 0 Å². The summed E-state index contributed by atoms with van der Waals surface area (Å²) in [7, 11) is 0. The Labute approximate surface area is 159 Å². The number of urea groups is 1. The maximum atomic E-state index is 13.2. The molecule has 3 rings (SSSR count). The lowest BCUT2D eigenvalue weighted by Gasteiger charge is -2.38. The van der Waals surface area contributed by atoms with Crippen LogP contribution in [0.4, 0.5) is 4.79 Å². The van der Waals surface area contributed by atoms with Crippen LogP contribution in [0.2, 0.25) is 0 Å². The van der Waals surface area contributed by atoms with Crippen LogP contribution in [-0.4, -0.2) is 51.5 Å². The normalized spacial score (nSPS) is 16.5. The SMILES string of the molecule is CC(C)NC(=O)N(CC(=O)N1CCn2cccc2[C@H]1c1ccoc1)C(C)C. The summed E-state index contributed by atoms with van der Waals surface area (Å²) in [5, 5.41) is 2.88. The summed E-state index contributed by atoms with van der Waals surface area (Å²) < 4.78 is 7.43. The molecule has 2 aromatic rings. The molecular weight excluding hydrogens is 344 g/mol. The van der Waals surface area contributed by atoms with Crippen molar-refractivity contribution < 1.29 is 14.0 Å². The van der Waals surface area contributed by atoms with Gasteiger partial charge >= 0.3 is 6.03 Å². The summed E-state index contributed by atoms with van der Waals surface area (Å²) in [5.74, 6) is -0.0683. The molecule has 3 amide bonds. The highest BCUT2D eigenvalue weighted by atomic mass is 16.3. The van der Waals surface area contributed by atoms with Crippen LogP contribution in [0.1, 0.15) is 45.0 Å². The zero-order chi connectivity index (χ0) is 19.6. The number of rotatable bonds is 5. The lowest BCUT2D eigenvalue weighted by Crippen LogP contribution is -2.52. The van der Waals surface area contributed by atoms with Gasteiger partial charge in [-0.1, -0.05) is 0 Å². The van der Waals surface area contributed by atoms with Gasteiger partial charge in [-0.05, 0) is 45.9 Å². The first-order valence-corrected chi connectivity index (χ1v) is 9.42. The number of nitrogens with one attached hydrogen (secondary N) is 1. The predicted octanol–water partition coefficient (Wildman–Crippen LogP) is 2.84. The number of carbonyl (C=O) groups excluding carboxylic acids is 2. The molecule has 1 atom stereocenters. The van der Waals surface area contributed by atoms with Gasteiger partial charge in [0.05, 0.1) is 12.5 Å². The van der Waals surface area contributed by atoms with Gasteiger partial charge in [0.1, 0.15) is 12.6 Å². The number of hydrogen-bond donors (Lipinski definition) is 1. The molecule has 27 heavy (non-hydrogen) atoms. The molecule has 2 aromatic heterocycles. The van der Waals surface area contributed by atoms with E-state index in [0.29, 0.717) is 6.54 Å². The zero-order valence-corrected chi connectivity index (χ0v) is 16.4. The number of nitrogens with zero attached hydrogens (tertiary/aromatic N) is 3. The maximum absolute atomic E-state index is 13.2. The molecule has 1 N–H and O–H groups in total. The summed E-state index contributed by atoms with van der Waals surface area (Å²) >= 11 is 0. The van der Waals surface area contributed by atoms with Crippen molar-refractivity contribution in [2.75, 3.05) is 13.1 Å². The molecule has 146 valence electrons. The second-order valence-corrected chi connectivity index (χ2v) is 7.50. The molecule has 0 radical (unpaired) electrons. The standard InChI is InChI=1S/C20H28N4O3/c1-14(2)21-20(26)24(15(3)4)12-18(25)23-10-9-22-8-5-6-17(22)19(23)16-7-11-27-13-16/h5-8,11,13-15,19H,9-10,12H2,1-4H3,(H,21,26)/t19-/m1/s1. The molecule has 1 aliphatic rings. The number of hydrogen-bond acceptors (Lipinski definition) is 3. The van der Waals surface area contributed by atoms with Gasteiger partial charge in [0.15, 0.2) is 0 Å². The van der Waals surface area contributed by atoms with Gasteiger partial charge in [0.2, 0.25) is 5.91 Å². The Hall–Kier alpha value is -2.70. The molecule has 7 nitrogen and oxygen atoms in total. The number of fused-ring (bicyclic) bond motifs is 1. The summed E-state index contributed by atoms with van der Waals surface area (Å²) in [6, 6.07) is 5.44. The van der Waals surface area contributed by atoms with E-state index in [1.54, 1.807) is 17.4 Å². The molecule has 0 fully saturated rings. The molecule has 0 spiro atoms. The molecule has 0 saturated heterocycles. The van der Waals surface area contributed by atoms with Gasteiger partial charge in [-0.3, -0.25) is 4.79 Å². The van der Waals surface area contributed by atoms with Gasteiger partial charge in [-0.2, -0.15) is 0 Å². The van der Waals surface area contributed by atoms with E-state index in [1.165, 1.54) is 0 Å². The van der Waals surface area contributed by atoms with Crippen LogP contribution >= 0.6 is 0 Å². The van der Waals surface area contributed by atoms with Crippen LogP contribution in [0, 0.1) is 0 Å². The quantitative estimate of drug-likeness (QED) is 0.877. The lowest BCUT2D eigenvalue weighted by atomic mass is 10.0. The fourth-order valence-corrected chi connectivity index (χ4v) is 3.49. The van der Waals surface area contributed by atoms with Crippen LogP contribution in [0.3, 0.4) is 0 Å². The largest absolute Gasteiger partial charge is 0.472 e. The summed E-state index contributed by atoms with van der Waals surface area (Å²) in [4.78, 5) is 29.1. The highest BCUT2D eigenvalue weighted by Gasteiger charge is 2.34. The fourth-order valence-electron chi connectivity index (χ4n) is 3.49. The average Bonchev–Trinajstić information content (AvgIpc) is 3.28. The molecule has 7 heteroatoms. The monoisotopic (exact) mass is 372 g/mol. The summed E-state index contributed by atoms with van der Waals surface area (Å²) in [6.45, 7) is 9.03. The second kappa shape index (κ2) is 7.90. The molecule has 1 aliphatic heterocycles. The van der Waals surface area contributed by atoms with Crippen LogP contribution in [-0.2, 0) is 11.3 Å². The van der Waals surface area contributed by atoms with E-state index in [-0.39, 0.29) is 36.6 Å². The Morgan fingerprint density at radius 2 is 2.04 bits per heavy atom. The Kier molecular flexibility index (Phi) is 5.58. The highest BCUT2D eigenvalue weighted by molar-refractivity contribution is 5.85. The van der Waals surface area contributed by atoms with Gasteiger partial charge in [0, 0.05) is 42.6 Å². The predicted molar refractivity (Wildman–Crippen MR) is 102 cm³/mol. The topological polar surface area (TPSA) is 70.7 Å². The number of aromatic nitrogens is 1. The third-order valence-corrected chi connectivity index (χ3v) is 4.82. The van der Waals surface area contributed by atoms with Gasteiger partial charge in [-0.25, -0.2) is 4.79 Å². The smallest absolute Gasteiger partial charge is 0.318 e. The van der Waals surface area contributed by atoms with Gasteiger partial charge in [0.25, 0.3) is 0 Å². The Bertz CT molecular complexity index is 779. The van der Waals surface area contributed by atoms with Crippen molar-refractivity contribution in [1.82, 2.24) is 19.7 Å². The van der Waals surface area contributed by atoms with E-state index < -0.39 is 0 Å². The third-order valence-electron chi connectivity index (χ3n) is 4.82. The minimum Gasteiger partial charge on any atom is -0.472 e. The van der Waals surface area contributed by atoms with Crippen LogP contribution < -0.4 is 5.32 Å². The molecule has 0 saturated carbocycles. The fraction of sp³-hybridized carbons (Fsp3) is 0.500. The van der Waals surface area contributed by atoms with Crippen molar-refractivity contribution in [2.45, 2.75) is 52.4 Å². The van der Waals surface area contributed by atoms with Crippen LogP contribution in [0.25, 0.3) is 0 Å². The third kappa shape index (κ3) is 4.02. The number of amides is 3. The van der Waals surface area contributed by atoms with Crippen molar-refractivity contribution in [1.29, 1.82) is 0 Å². The van der Waals surface area contributed by atoms with Crippen molar-refractivity contribution >= 4 is 11.9 Å². The molecule has 3 heterocycles. The van der Waals surface area contributed by atoms with Crippen LogP contribution in [0.5, 0.6) is 0 Å². The first-order valence-electron chi connectivity index (χ1n) is 9.42. The van der Waals surface area contributed by atoms with E-state index in [4.69, 9.17) is 4.42 Å². The summed E-state index contributed by atoms with van der Waals surface area (Å²) in [5.41, 5.74) is 1.99. The van der Waals surface area contributed by atoms with E-state index in [2.05, 4.69) is 9.88 Å². The second-order valence-electron chi connectivity index (χ2n) is 7.50. The molecule has 0 aliphatic carbocycles. The minimum absolute atomic E-state index is 0.0193. The van der Waals surface area contributed by atoms with Crippen LogP contribution in [0.15, 0.2) is 41.3 Å². The Balaban J connectivity index is 1.83. The van der Waals surface area contributed by atoms with E-state index >= 15 is 0 Å². The Morgan fingerprint density at radius 3 is 2.67 bits per heavy atom. The first kappa shape index (κ1) is 19.1. The van der Waals surface area contributed by atoms with Gasteiger partial charge in [-0.15, -0.1) is 0 Å². The van der Waals surface area contributed by atoms with Crippen molar-refractivity contribution in [3.05, 3.63) is 48.2 Å². The zero-order valence-electron chi connectivity index (χ0n) is 16.4. The van der Waals surface area contributed by atoms with E-state index in [0.717, 1.165) is 17.8 Å². The van der Waals surface area contributed by atoms with Gasteiger partial charge < -0.3 is 24.1 Å². The number of carbonyl (C=O) groups is 2. The first-order chi connectivity index (χ1) is 12.9. The highest BCUT2D eigenvalue weighted by Crippen LogP contribution is 2.32. The molecular formula is C20H28N4O3. The lowest BCUT2D eigenvalue weighted by molar-refractivity contribution is -0.134. The van der Waals surface area contributed by atoms with Crippen molar-refractivity contribution in [2.24, 2.45) is 0 Å². The maximum Gasteiger partial charge on any atom is 0.318 e. The van der Waals surface area contributed by atoms with E-state index in [9.17, 15) is 9.59 Å². The average molecular weight is 372 g/mol. The Morgan fingerprint density at radius 1 is 1.26 bits per heavy atom. The van der Waals surface area contributed by atoms with Crippen molar-refractivity contribution in [3.8, 4) is 0 Å².